The Morgan fingerprint density at radius 2 is 1.82 bits per heavy atom. The summed E-state index contributed by atoms with van der Waals surface area (Å²) in [4.78, 5) is 12.6. The first-order chi connectivity index (χ1) is 10.8. The molecule has 2 aromatic rings. The Kier molecular flexibility index (Phi) is 3.91. The number of hydrogen-bond acceptors (Lipinski definition) is 5. The Hall–Kier alpha value is -3.02. The number of ether oxygens (including phenoxy) is 2. The number of rotatable bonds is 5. The van der Waals surface area contributed by atoms with Crippen LogP contribution < -0.4 is 4.90 Å². The molecule has 1 heterocycles. The highest BCUT2D eigenvalue weighted by Gasteiger charge is 2.25. The Labute approximate surface area is 127 Å². The van der Waals surface area contributed by atoms with Gasteiger partial charge in [-0.05, 0) is 11.6 Å². The number of anilines is 1. The first-order valence-electron chi connectivity index (χ1n) is 6.75. The molecule has 22 heavy (non-hydrogen) atoms. The topological polar surface area (TPSA) is 64.8 Å². The van der Waals surface area contributed by atoms with Crippen molar-refractivity contribution >= 4 is 11.4 Å². The van der Waals surface area contributed by atoms with Crippen LogP contribution in [0.3, 0.4) is 0 Å². The fourth-order valence-corrected chi connectivity index (χ4v) is 2.27. The SMILES string of the molecule is O=[N+]([O-])c1ccccc1N(Cc1ccccc1)C1=COCO1. The van der Waals surface area contributed by atoms with Crippen molar-refractivity contribution < 1.29 is 14.4 Å². The second kappa shape index (κ2) is 6.17. The van der Waals surface area contributed by atoms with Crippen LogP contribution in [0.2, 0.25) is 0 Å². The number of benzene rings is 2. The van der Waals surface area contributed by atoms with Gasteiger partial charge in [-0.25, -0.2) is 0 Å². The number of nitrogens with zero attached hydrogens (tertiary/aromatic N) is 2. The Bertz CT molecular complexity index is 700. The van der Waals surface area contributed by atoms with Crippen LogP contribution in [0.25, 0.3) is 0 Å². The van der Waals surface area contributed by atoms with Gasteiger partial charge in [0.05, 0.1) is 11.5 Å². The van der Waals surface area contributed by atoms with Crippen LogP contribution in [-0.2, 0) is 16.0 Å². The smallest absolute Gasteiger partial charge is 0.292 e. The molecule has 0 aliphatic carbocycles. The minimum absolute atomic E-state index is 0.0230. The number of para-hydroxylation sites is 2. The van der Waals surface area contributed by atoms with Crippen LogP contribution >= 0.6 is 0 Å². The maximum atomic E-state index is 11.3. The van der Waals surface area contributed by atoms with Gasteiger partial charge in [0.1, 0.15) is 11.9 Å². The molecule has 0 unspecified atom stereocenters. The lowest BCUT2D eigenvalue weighted by atomic mass is 10.2. The minimum Gasteiger partial charge on any atom is -0.459 e. The van der Waals surface area contributed by atoms with Crippen LogP contribution in [0.15, 0.2) is 66.7 Å². The van der Waals surface area contributed by atoms with Gasteiger partial charge in [0.2, 0.25) is 12.7 Å². The molecule has 0 saturated carbocycles. The van der Waals surface area contributed by atoms with Gasteiger partial charge >= 0.3 is 0 Å². The zero-order valence-electron chi connectivity index (χ0n) is 11.7. The van der Waals surface area contributed by atoms with Crippen molar-refractivity contribution in [2.75, 3.05) is 11.7 Å². The van der Waals surface area contributed by atoms with Crippen LogP contribution in [0, 0.1) is 10.1 Å². The normalized spacial score (nSPS) is 13.0. The highest BCUT2D eigenvalue weighted by atomic mass is 16.7. The highest BCUT2D eigenvalue weighted by molar-refractivity contribution is 5.65. The molecule has 0 radical (unpaired) electrons. The summed E-state index contributed by atoms with van der Waals surface area (Å²) in [6.45, 7) is 0.558. The highest BCUT2D eigenvalue weighted by Crippen LogP contribution is 2.32. The standard InChI is InChI=1S/C16H14N2O4/c19-18(20)15-9-5-4-8-14(15)17(16-11-21-12-22-16)10-13-6-2-1-3-7-13/h1-9,11H,10,12H2. The summed E-state index contributed by atoms with van der Waals surface area (Å²) in [5.41, 5.74) is 1.50. The summed E-state index contributed by atoms with van der Waals surface area (Å²) >= 11 is 0. The largest absolute Gasteiger partial charge is 0.459 e. The Balaban J connectivity index is 2.01. The summed E-state index contributed by atoms with van der Waals surface area (Å²) in [6.07, 6.45) is 1.47. The van der Waals surface area contributed by atoms with Gasteiger partial charge in [-0.1, -0.05) is 42.5 Å². The van der Waals surface area contributed by atoms with Gasteiger partial charge in [0.25, 0.3) is 5.69 Å². The maximum absolute atomic E-state index is 11.3. The van der Waals surface area contributed by atoms with Gasteiger partial charge in [0, 0.05) is 6.07 Å². The maximum Gasteiger partial charge on any atom is 0.292 e. The average molecular weight is 298 g/mol. The van der Waals surface area contributed by atoms with Crippen LogP contribution in [0.1, 0.15) is 5.56 Å². The van der Waals surface area contributed by atoms with Gasteiger partial charge in [-0.15, -0.1) is 0 Å². The monoisotopic (exact) mass is 298 g/mol. The van der Waals surface area contributed by atoms with Gasteiger partial charge < -0.3 is 9.47 Å². The minimum atomic E-state index is -0.399. The lowest BCUT2D eigenvalue weighted by Crippen LogP contribution is -2.23. The van der Waals surface area contributed by atoms with E-state index in [1.807, 2.05) is 30.3 Å². The number of hydrogen-bond donors (Lipinski definition) is 0. The van der Waals surface area contributed by atoms with Crippen LogP contribution in [-0.4, -0.2) is 11.7 Å². The molecular weight excluding hydrogens is 284 g/mol. The van der Waals surface area contributed by atoms with E-state index in [1.165, 1.54) is 12.3 Å². The predicted octanol–water partition coefficient (Wildman–Crippen LogP) is 3.40. The van der Waals surface area contributed by atoms with Crippen LogP contribution in [0.4, 0.5) is 11.4 Å². The van der Waals surface area contributed by atoms with Gasteiger partial charge in [-0.2, -0.15) is 0 Å². The van der Waals surface area contributed by atoms with E-state index in [4.69, 9.17) is 9.47 Å². The summed E-state index contributed by atoms with van der Waals surface area (Å²) in [5.74, 6) is 0.457. The molecule has 0 spiro atoms. The molecule has 6 nitrogen and oxygen atoms in total. The first kappa shape index (κ1) is 13.9. The molecule has 1 aliphatic rings. The molecule has 0 bridgehead atoms. The van der Waals surface area contributed by atoms with Crippen molar-refractivity contribution in [3.05, 3.63) is 82.4 Å². The molecule has 6 heteroatoms. The molecule has 0 N–H and O–H groups in total. The van der Waals surface area contributed by atoms with Crippen molar-refractivity contribution in [2.45, 2.75) is 6.54 Å². The zero-order chi connectivity index (χ0) is 15.4. The van der Waals surface area contributed by atoms with E-state index in [-0.39, 0.29) is 12.5 Å². The molecule has 1 aliphatic heterocycles. The second-order valence-electron chi connectivity index (χ2n) is 4.70. The summed E-state index contributed by atoms with van der Waals surface area (Å²) < 4.78 is 10.5. The van der Waals surface area contributed by atoms with E-state index in [1.54, 1.807) is 23.1 Å². The quantitative estimate of drug-likeness (QED) is 0.625. The van der Waals surface area contributed by atoms with Crippen molar-refractivity contribution in [1.29, 1.82) is 0 Å². The van der Waals surface area contributed by atoms with E-state index < -0.39 is 4.92 Å². The van der Waals surface area contributed by atoms with Crippen molar-refractivity contribution in [1.82, 2.24) is 0 Å². The van der Waals surface area contributed by atoms with Gasteiger partial charge in [0.15, 0.2) is 0 Å². The van der Waals surface area contributed by atoms with Crippen LogP contribution in [0.5, 0.6) is 0 Å². The molecule has 0 aromatic heterocycles. The van der Waals surface area contributed by atoms with E-state index >= 15 is 0 Å². The molecule has 0 saturated heterocycles. The lowest BCUT2D eigenvalue weighted by molar-refractivity contribution is -0.384. The molecule has 0 atom stereocenters. The molecule has 3 rings (SSSR count). The molecule has 0 fully saturated rings. The Morgan fingerprint density at radius 3 is 2.50 bits per heavy atom. The van der Waals surface area contributed by atoms with Crippen molar-refractivity contribution in [3.8, 4) is 0 Å². The third-order valence-corrected chi connectivity index (χ3v) is 3.28. The summed E-state index contributed by atoms with van der Waals surface area (Å²) in [7, 11) is 0. The van der Waals surface area contributed by atoms with E-state index in [2.05, 4.69) is 0 Å². The van der Waals surface area contributed by atoms with Crippen molar-refractivity contribution in [2.24, 2.45) is 0 Å². The van der Waals surface area contributed by atoms with E-state index in [9.17, 15) is 10.1 Å². The fourth-order valence-electron chi connectivity index (χ4n) is 2.27. The van der Waals surface area contributed by atoms with E-state index in [0.717, 1.165) is 5.56 Å². The Morgan fingerprint density at radius 1 is 1.09 bits per heavy atom. The molecule has 2 aromatic carbocycles. The molecular formula is C16H14N2O4. The predicted molar refractivity (Wildman–Crippen MR) is 80.8 cm³/mol. The van der Waals surface area contributed by atoms with Gasteiger partial charge in [-0.3, -0.25) is 15.0 Å². The zero-order valence-corrected chi connectivity index (χ0v) is 11.7. The lowest BCUT2D eigenvalue weighted by Gasteiger charge is -2.23. The number of nitro benzene ring substituents is 1. The summed E-state index contributed by atoms with van der Waals surface area (Å²) in [5, 5.41) is 11.3. The third-order valence-electron chi connectivity index (χ3n) is 3.28. The van der Waals surface area contributed by atoms with Crippen molar-refractivity contribution in [3.63, 3.8) is 0 Å². The average Bonchev–Trinajstić information content (AvgIpc) is 3.08. The third kappa shape index (κ3) is 2.85. The molecule has 112 valence electrons. The van der Waals surface area contributed by atoms with E-state index in [0.29, 0.717) is 18.1 Å². The summed E-state index contributed by atoms with van der Waals surface area (Å²) in [6, 6.07) is 16.3. The fraction of sp³-hybridized carbons (Fsp3) is 0.125. The molecule has 0 amide bonds. The number of nitro groups is 1. The first-order valence-corrected chi connectivity index (χ1v) is 6.75. The second-order valence-corrected chi connectivity index (χ2v) is 4.70.